The summed E-state index contributed by atoms with van der Waals surface area (Å²) in [6.07, 6.45) is -0.623. The Morgan fingerprint density at radius 1 is 1.00 bits per heavy atom. The van der Waals surface area contributed by atoms with Gasteiger partial charge in [-0.1, -0.05) is 0 Å². The molecule has 0 bridgehead atoms. The highest BCUT2D eigenvalue weighted by Gasteiger charge is 2.29. The largest absolute Gasteiger partial charge is 0.348 e. The van der Waals surface area contributed by atoms with Crippen LogP contribution in [-0.2, 0) is 4.79 Å². The molecule has 0 radical (unpaired) electrons. The van der Waals surface area contributed by atoms with E-state index < -0.39 is 6.17 Å². The van der Waals surface area contributed by atoms with Gasteiger partial charge in [0.05, 0.1) is 11.4 Å². The first-order chi connectivity index (χ1) is 10.1. The first kappa shape index (κ1) is 16.3. The van der Waals surface area contributed by atoms with Crippen molar-refractivity contribution in [2.24, 2.45) is 0 Å². The van der Waals surface area contributed by atoms with Crippen molar-refractivity contribution >= 4 is 5.91 Å². The van der Waals surface area contributed by atoms with Crippen molar-refractivity contribution in [3.05, 3.63) is 34.9 Å². The number of carbonyl (C=O) groups excluding carboxylic acids is 1. The minimum Gasteiger partial charge on any atom is -0.348 e. The fraction of sp³-hybridized carbons (Fsp3) is 0.562. The molecule has 0 fully saturated rings. The van der Waals surface area contributed by atoms with E-state index in [-0.39, 0.29) is 11.4 Å². The van der Waals surface area contributed by atoms with Gasteiger partial charge < -0.3 is 5.32 Å². The molecule has 2 aromatic heterocycles. The molecular formula is C16H25N5O. The average molecular weight is 303 g/mol. The van der Waals surface area contributed by atoms with Gasteiger partial charge in [-0.15, -0.1) is 0 Å². The Morgan fingerprint density at radius 3 is 1.68 bits per heavy atom. The van der Waals surface area contributed by atoms with Crippen molar-refractivity contribution in [1.29, 1.82) is 0 Å². The third-order valence-electron chi connectivity index (χ3n) is 3.29. The Labute approximate surface area is 131 Å². The molecule has 2 heterocycles. The fourth-order valence-electron chi connectivity index (χ4n) is 2.55. The second-order valence-electron chi connectivity index (χ2n) is 6.86. The summed E-state index contributed by atoms with van der Waals surface area (Å²) in [7, 11) is 0. The van der Waals surface area contributed by atoms with Crippen molar-refractivity contribution in [2.45, 2.75) is 60.2 Å². The lowest BCUT2D eigenvalue weighted by atomic mass is 10.1. The Kier molecular flexibility index (Phi) is 4.13. The Hall–Kier alpha value is -2.11. The van der Waals surface area contributed by atoms with Crippen molar-refractivity contribution in [1.82, 2.24) is 24.9 Å². The average Bonchev–Trinajstić information content (AvgIpc) is 2.81. The summed E-state index contributed by atoms with van der Waals surface area (Å²) in [5.74, 6) is -0.120. The summed E-state index contributed by atoms with van der Waals surface area (Å²) in [6.45, 7) is 13.6. The predicted octanol–water partition coefficient (Wildman–Crippen LogP) is 2.27. The quantitative estimate of drug-likeness (QED) is 0.946. The number of hydrogen-bond donors (Lipinski definition) is 1. The molecular weight excluding hydrogens is 278 g/mol. The van der Waals surface area contributed by atoms with E-state index in [0.29, 0.717) is 0 Å². The molecule has 6 heteroatoms. The molecule has 0 aromatic carbocycles. The number of rotatable bonds is 3. The first-order valence-electron chi connectivity index (χ1n) is 7.46. The molecule has 0 atom stereocenters. The van der Waals surface area contributed by atoms with Crippen LogP contribution in [0.1, 0.15) is 49.7 Å². The van der Waals surface area contributed by atoms with E-state index in [0.717, 1.165) is 22.8 Å². The van der Waals surface area contributed by atoms with Crippen LogP contribution in [0.25, 0.3) is 0 Å². The van der Waals surface area contributed by atoms with Crippen LogP contribution in [-0.4, -0.2) is 31.0 Å². The molecule has 0 aliphatic rings. The highest BCUT2D eigenvalue weighted by molar-refractivity contribution is 5.81. The maximum atomic E-state index is 12.8. The molecule has 0 aliphatic carbocycles. The molecule has 1 N–H and O–H groups in total. The van der Waals surface area contributed by atoms with Crippen LogP contribution in [0, 0.1) is 27.7 Å². The zero-order chi connectivity index (χ0) is 16.7. The minimum absolute atomic E-state index is 0.120. The molecule has 0 saturated heterocycles. The monoisotopic (exact) mass is 303 g/mol. The van der Waals surface area contributed by atoms with E-state index in [4.69, 9.17) is 0 Å². The van der Waals surface area contributed by atoms with E-state index in [1.165, 1.54) is 0 Å². The second kappa shape index (κ2) is 5.59. The Bertz CT molecular complexity index is 644. The van der Waals surface area contributed by atoms with Crippen LogP contribution in [0.3, 0.4) is 0 Å². The Balaban J connectivity index is 2.52. The number of aryl methyl sites for hydroxylation is 4. The van der Waals surface area contributed by atoms with Crippen LogP contribution in [0.5, 0.6) is 0 Å². The highest BCUT2D eigenvalue weighted by atomic mass is 16.2. The summed E-state index contributed by atoms with van der Waals surface area (Å²) in [6, 6.07) is 3.92. The van der Waals surface area contributed by atoms with E-state index in [1.54, 1.807) is 9.36 Å². The summed E-state index contributed by atoms with van der Waals surface area (Å²) < 4.78 is 3.46. The van der Waals surface area contributed by atoms with Crippen LogP contribution < -0.4 is 5.32 Å². The first-order valence-corrected chi connectivity index (χ1v) is 7.46. The molecule has 1 amide bonds. The number of carbonyl (C=O) groups is 1. The van der Waals surface area contributed by atoms with Gasteiger partial charge in [-0.3, -0.25) is 4.79 Å². The van der Waals surface area contributed by atoms with Gasteiger partial charge in [-0.2, -0.15) is 10.2 Å². The van der Waals surface area contributed by atoms with Gasteiger partial charge >= 0.3 is 0 Å². The predicted molar refractivity (Wildman–Crippen MR) is 85.7 cm³/mol. The fourth-order valence-corrected chi connectivity index (χ4v) is 2.55. The number of amides is 1. The second-order valence-corrected chi connectivity index (χ2v) is 6.86. The normalized spacial score (nSPS) is 12.0. The summed E-state index contributed by atoms with van der Waals surface area (Å²) in [5, 5.41) is 12.0. The minimum atomic E-state index is -0.623. The smallest absolute Gasteiger partial charge is 0.267 e. The number of nitrogens with one attached hydrogen (secondary N) is 1. The van der Waals surface area contributed by atoms with E-state index in [9.17, 15) is 4.79 Å². The number of nitrogens with zero attached hydrogens (tertiary/aromatic N) is 4. The van der Waals surface area contributed by atoms with Crippen LogP contribution in [0.15, 0.2) is 12.1 Å². The van der Waals surface area contributed by atoms with E-state index in [1.807, 2.05) is 60.6 Å². The molecule has 0 aliphatic heterocycles. The molecule has 0 saturated carbocycles. The van der Waals surface area contributed by atoms with Crippen molar-refractivity contribution in [2.75, 3.05) is 0 Å². The molecule has 2 aromatic rings. The number of hydrogen-bond acceptors (Lipinski definition) is 3. The lowest BCUT2D eigenvalue weighted by Crippen LogP contribution is -2.47. The van der Waals surface area contributed by atoms with Gasteiger partial charge in [0.25, 0.3) is 5.91 Å². The molecule has 2 rings (SSSR count). The molecule has 22 heavy (non-hydrogen) atoms. The van der Waals surface area contributed by atoms with Crippen molar-refractivity contribution < 1.29 is 4.79 Å². The van der Waals surface area contributed by atoms with Gasteiger partial charge in [0.1, 0.15) is 0 Å². The van der Waals surface area contributed by atoms with E-state index >= 15 is 0 Å². The summed E-state index contributed by atoms with van der Waals surface area (Å²) >= 11 is 0. The van der Waals surface area contributed by atoms with Crippen molar-refractivity contribution in [3.63, 3.8) is 0 Å². The van der Waals surface area contributed by atoms with E-state index in [2.05, 4.69) is 15.5 Å². The number of aromatic nitrogens is 4. The molecule has 6 nitrogen and oxygen atoms in total. The van der Waals surface area contributed by atoms with Crippen LogP contribution >= 0.6 is 0 Å². The lowest BCUT2D eigenvalue weighted by Gasteiger charge is -2.26. The van der Waals surface area contributed by atoms with Gasteiger partial charge in [-0.25, -0.2) is 9.36 Å². The summed E-state index contributed by atoms with van der Waals surface area (Å²) in [4.78, 5) is 12.8. The standard InChI is InChI=1S/C16H25N5O/c1-10-8-12(3)20(18-10)15(14(22)17-16(5,6)7)21-13(4)9-11(2)19-21/h8-9,15H,1-7H3,(H,17,22). The topological polar surface area (TPSA) is 64.7 Å². The zero-order valence-electron chi connectivity index (χ0n) is 14.4. The third kappa shape index (κ3) is 3.37. The highest BCUT2D eigenvalue weighted by Crippen LogP contribution is 2.18. The molecule has 120 valence electrons. The van der Waals surface area contributed by atoms with Crippen molar-refractivity contribution in [3.8, 4) is 0 Å². The van der Waals surface area contributed by atoms with Gasteiger partial charge in [0.15, 0.2) is 0 Å². The molecule has 0 unspecified atom stereocenters. The molecule has 0 spiro atoms. The van der Waals surface area contributed by atoms with Gasteiger partial charge in [0, 0.05) is 16.9 Å². The maximum Gasteiger partial charge on any atom is 0.267 e. The zero-order valence-corrected chi connectivity index (χ0v) is 14.4. The summed E-state index contributed by atoms with van der Waals surface area (Å²) in [5.41, 5.74) is 3.31. The van der Waals surface area contributed by atoms with Crippen LogP contribution in [0.2, 0.25) is 0 Å². The lowest BCUT2D eigenvalue weighted by molar-refractivity contribution is -0.127. The van der Waals surface area contributed by atoms with Gasteiger partial charge in [-0.05, 0) is 60.6 Å². The SMILES string of the molecule is Cc1cc(C)n(C(C(=O)NC(C)(C)C)n2nc(C)cc2C)n1. The van der Waals surface area contributed by atoms with Crippen LogP contribution in [0.4, 0.5) is 0 Å². The Morgan fingerprint density at radius 2 is 1.41 bits per heavy atom. The maximum absolute atomic E-state index is 12.8. The third-order valence-corrected chi connectivity index (χ3v) is 3.29. The van der Waals surface area contributed by atoms with Gasteiger partial charge in [0.2, 0.25) is 6.17 Å².